The van der Waals surface area contributed by atoms with Gasteiger partial charge in [-0.1, -0.05) is 24.3 Å². The number of hydrogen-bond donors (Lipinski definition) is 1. The van der Waals surface area contributed by atoms with Gasteiger partial charge < -0.3 is 10.1 Å². The second-order valence-electron chi connectivity index (χ2n) is 4.45. The van der Waals surface area contributed by atoms with Crippen molar-refractivity contribution < 1.29 is 13.9 Å². The van der Waals surface area contributed by atoms with Gasteiger partial charge in [0.1, 0.15) is 11.6 Å². The smallest absolute Gasteiger partial charge is 0.244 e. The number of rotatable bonds is 5. The highest BCUT2D eigenvalue weighted by atomic mass is 19.1. The summed E-state index contributed by atoms with van der Waals surface area (Å²) < 4.78 is 18.0. The molecular formula is C17H16FNO2. The van der Waals surface area contributed by atoms with E-state index in [1.807, 2.05) is 24.3 Å². The highest BCUT2D eigenvalue weighted by Crippen LogP contribution is 2.12. The largest absolute Gasteiger partial charge is 0.497 e. The normalized spacial score (nSPS) is 10.6. The van der Waals surface area contributed by atoms with E-state index in [0.29, 0.717) is 6.54 Å². The number of benzene rings is 2. The van der Waals surface area contributed by atoms with Crippen LogP contribution in [0.1, 0.15) is 11.1 Å². The lowest BCUT2D eigenvalue weighted by Crippen LogP contribution is -2.20. The van der Waals surface area contributed by atoms with E-state index in [9.17, 15) is 9.18 Å². The third-order valence-corrected chi connectivity index (χ3v) is 2.90. The van der Waals surface area contributed by atoms with Crippen LogP contribution < -0.4 is 10.1 Å². The van der Waals surface area contributed by atoms with Gasteiger partial charge in [-0.15, -0.1) is 0 Å². The van der Waals surface area contributed by atoms with Gasteiger partial charge in [0.05, 0.1) is 7.11 Å². The van der Waals surface area contributed by atoms with Crippen LogP contribution in [0.5, 0.6) is 5.75 Å². The van der Waals surface area contributed by atoms with E-state index in [1.165, 1.54) is 18.2 Å². The number of carbonyl (C=O) groups excluding carboxylic acids is 1. The van der Waals surface area contributed by atoms with E-state index < -0.39 is 0 Å². The average Bonchev–Trinajstić information content (AvgIpc) is 2.51. The minimum atomic E-state index is -0.310. The zero-order valence-corrected chi connectivity index (χ0v) is 11.7. The maximum atomic E-state index is 13.0. The number of methoxy groups -OCH3 is 1. The molecular weight excluding hydrogens is 269 g/mol. The number of ether oxygens (including phenoxy) is 1. The molecule has 0 heterocycles. The van der Waals surface area contributed by atoms with Crippen LogP contribution >= 0.6 is 0 Å². The molecule has 0 saturated carbocycles. The first-order valence-electron chi connectivity index (χ1n) is 6.52. The Morgan fingerprint density at radius 2 is 2.00 bits per heavy atom. The summed E-state index contributed by atoms with van der Waals surface area (Å²) in [5.41, 5.74) is 1.62. The van der Waals surface area contributed by atoms with Crippen LogP contribution in [0.3, 0.4) is 0 Å². The predicted octanol–water partition coefficient (Wildman–Crippen LogP) is 3.16. The molecule has 0 aromatic heterocycles. The van der Waals surface area contributed by atoms with Gasteiger partial charge in [0.15, 0.2) is 0 Å². The molecule has 2 aromatic rings. The first-order chi connectivity index (χ1) is 10.2. The van der Waals surface area contributed by atoms with Crippen LogP contribution in [0.4, 0.5) is 4.39 Å². The number of hydrogen-bond acceptors (Lipinski definition) is 2. The number of halogens is 1. The third-order valence-electron chi connectivity index (χ3n) is 2.90. The summed E-state index contributed by atoms with van der Waals surface area (Å²) in [6, 6.07) is 13.5. The Balaban J connectivity index is 1.87. The Labute approximate surface area is 123 Å². The molecule has 0 saturated heterocycles. The molecule has 4 heteroatoms. The molecule has 0 aliphatic rings. The topological polar surface area (TPSA) is 38.3 Å². The minimum Gasteiger partial charge on any atom is -0.497 e. The summed E-state index contributed by atoms with van der Waals surface area (Å²) in [4.78, 5) is 11.7. The molecule has 1 N–H and O–H groups in total. The Kier molecular flexibility index (Phi) is 5.10. The van der Waals surface area contributed by atoms with Crippen molar-refractivity contribution in [3.8, 4) is 5.75 Å². The Morgan fingerprint density at radius 3 is 2.67 bits per heavy atom. The van der Waals surface area contributed by atoms with Gasteiger partial charge in [-0.2, -0.15) is 0 Å². The zero-order chi connectivity index (χ0) is 15.1. The summed E-state index contributed by atoms with van der Waals surface area (Å²) in [6.45, 7) is 0.295. The SMILES string of the molecule is COc1ccc(/C=C/C(=O)NCc2cccc(F)c2)cc1. The van der Waals surface area contributed by atoms with E-state index in [0.717, 1.165) is 16.9 Å². The van der Waals surface area contributed by atoms with Gasteiger partial charge in [-0.3, -0.25) is 4.79 Å². The number of nitrogens with one attached hydrogen (secondary N) is 1. The van der Waals surface area contributed by atoms with Gasteiger partial charge in [-0.25, -0.2) is 4.39 Å². The van der Waals surface area contributed by atoms with Crippen molar-refractivity contribution in [1.82, 2.24) is 5.32 Å². The van der Waals surface area contributed by atoms with Crippen LogP contribution in [0.2, 0.25) is 0 Å². The first-order valence-corrected chi connectivity index (χ1v) is 6.52. The van der Waals surface area contributed by atoms with Crippen LogP contribution in [0, 0.1) is 5.82 Å². The molecule has 1 amide bonds. The lowest BCUT2D eigenvalue weighted by molar-refractivity contribution is -0.116. The van der Waals surface area contributed by atoms with Crippen molar-refractivity contribution >= 4 is 12.0 Å². The average molecular weight is 285 g/mol. The van der Waals surface area contributed by atoms with E-state index >= 15 is 0 Å². The second kappa shape index (κ2) is 7.24. The van der Waals surface area contributed by atoms with Crippen molar-refractivity contribution in [1.29, 1.82) is 0 Å². The highest BCUT2D eigenvalue weighted by molar-refractivity contribution is 5.91. The summed E-state index contributed by atoms with van der Waals surface area (Å²) in [6.07, 6.45) is 3.15. The van der Waals surface area contributed by atoms with Crippen LogP contribution in [-0.2, 0) is 11.3 Å². The summed E-state index contributed by atoms with van der Waals surface area (Å²) in [5.74, 6) is 0.230. The monoisotopic (exact) mass is 285 g/mol. The van der Waals surface area contributed by atoms with Crippen molar-refractivity contribution in [2.24, 2.45) is 0 Å². The van der Waals surface area contributed by atoms with Crippen molar-refractivity contribution in [2.75, 3.05) is 7.11 Å². The lowest BCUT2D eigenvalue weighted by atomic mass is 10.2. The fourth-order valence-electron chi connectivity index (χ4n) is 1.78. The first kappa shape index (κ1) is 14.8. The molecule has 108 valence electrons. The molecule has 0 bridgehead atoms. The Hall–Kier alpha value is -2.62. The van der Waals surface area contributed by atoms with Crippen LogP contribution in [0.25, 0.3) is 6.08 Å². The Morgan fingerprint density at radius 1 is 1.24 bits per heavy atom. The fraction of sp³-hybridized carbons (Fsp3) is 0.118. The summed E-state index contributed by atoms with van der Waals surface area (Å²) >= 11 is 0. The number of carbonyl (C=O) groups is 1. The molecule has 0 radical (unpaired) electrons. The molecule has 3 nitrogen and oxygen atoms in total. The molecule has 2 aromatic carbocycles. The highest BCUT2D eigenvalue weighted by Gasteiger charge is 1.98. The molecule has 0 aliphatic carbocycles. The number of amides is 1. The molecule has 0 unspecified atom stereocenters. The predicted molar refractivity (Wildman–Crippen MR) is 80.3 cm³/mol. The van der Waals surface area contributed by atoms with Gasteiger partial charge in [0, 0.05) is 12.6 Å². The van der Waals surface area contributed by atoms with Gasteiger partial charge >= 0.3 is 0 Å². The zero-order valence-electron chi connectivity index (χ0n) is 11.7. The van der Waals surface area contributed by atoms with E-state index in [1.54, 1.807) is 25.3 Å². The van der Waals surface area contributed by atoms with E-state index in [4.69, 9.17) is 4.74 Å². The summed E-state index contributed by atoms with van der Waals surface area (Å²) in [7, 11) is 1.60. The minimum absolute atomic E-state index is 0.227. The van der Waals surface area contributed by atoms with Crippen LogP contribution in [-0.4, -0.2) is 13.0 Å². The van der Waals surface area contributed by atoms with Crippen LogP contribution in [0.15, 0.2) is 54.6 Å². The third kappa shape index (κ3) is 4.76. The molecule has 2 rings (SSSR count). The lowest BCUT2D eigenvalue weighted by Gasteiger charge is -2.02. The Bertz CT molecular complexity index is 635. The standard InChI is InChI=1S/C17H16FNO2/c1-21-16-8-5-13(6-9-16)7-10-17(20)19-12-14-3-2-4-15(18)11-14/h2-11H,12H2,1H3,(H,19,20)/b10-7+. The van der Waals surface area contributed by atoms with Gasteiger partial charge in [0.25, 0.3) is 0 Å². The molecule has 0 atom stereocenters. The van der Waals surface area contributed by atoms with E-state index in [2.05, 4.69) is 5.32 Å². The molecule has 0 fully saturated rings. The van der Waals surface area contributed by atoms with E-state index in [-0.39, 0.29) is 11.7 Å². The quantitative estimate of drug-likeness (QED) is 0.857. The molecule has 0 spiro atoms. The fourth-order valence-corrected chi connectivity index (χ4v) is 1.78. The second-order valence-corrected chi connectivity index (χ2v) is 4.45. The van der Waals surface area contributed by atoms with Crippen molar-refractivity contribution in [2.45, 2.75) is 6.54 Å². The van der Waals surface area contributed by atoms with Gasteiger partial charge in [0.2, 0.25) is 5.91 Å². The maximum Gasteiger partial charge on any atom is 0.244 e. The summed E-state index contributed by atoms with van der Waals surface area (Å²) in [5, 5.41) is 2.70. The van der Waals surface area contributed by atoms with Crippen molar-refractivity contribution in [3.05, 3.63) is 71.6 Å². The maximum absolute atomic E-state index is 13.0. The van der Waals surface area contributed by atoms with Gasteiger partial charge in [-0.05, 0) is 41.5 Å². The van der Waals surface area contributed by atoms with Crippen molar-refractivity contribution in [3.63, 3.8) is 0 Å². The molecule has 0 aliphatic heterocycles. The molecule has 21 heavy (non-hydrogen) atoms.